The van der Waals surface area contributed by atoms with Gasteiger partial charge in [0.05, 0.1) is 0 Å². The summed E-state index contributed by atoms with van der Waals surface area (Å²) in [6.45, 7) is 4.07. The van der Waals surface area contributed by atoms with Gasteiger partial charge in [-0.25, -0.2) is 0 Å². The predicted octanol–water partition coefficient (Wildman–Crippen LogP) is 1.20. The molecule has 98 valence electrons. The number of nitrogens with zero attached hydrogens (tertiary/aromatic N) is 2. The van der Waals surface area contributed by atoms with Gasteiger partial charge >= 0.3 is 0 Å². The van der Waals surface area contributed by atoms with Gasteiger partial charge in [-0.3, -0.25) is 9.69 Å². The Labute approximate surface area is 107 Å². The van der Waals surface area contributed by atoms with Gasteiger partial charge in [0.1, 0.15) is 5.76 Å². The van der Waals surface area contributed by atoms with E-state index in [0.29, 0.717) is 5.69 Å². The van der Waals surface area contributed by atoms with E-state index in [1.165, 1.54) is 12.8 Å². The highest BCUT2D eigenvalue weighted by Gasteiger charge is 2.35. The van der Waals surface area contributed by atoms with E-state index in [0.717, 1.165) is 37.7 Å². The van der Waals surface area contributed by atoms with Crippen molar-refractivity contribution in [3.63, 3.8) is 0 Å². The molecule has 5 heteroatoms. The first kappa shape index (κ1) is 11.7. The fourth-order valence-electron chi connectivity index (χ4n) is 2.52. The molecule has 0 bridgehead atoms. The summed E-state index contributed by atoms with van der Waals surface area (Å²) >= 11 is 0. The van der Waals surface area contributed by atoms with Crippen molar-refractivity contribution < 1.29 is 9.32 Å². The third-order valence-corrected chi connectivity index (χ3v) is 3.76. The summed E-state index contributed by atoms with van der Waals surface area (Å²) in [4.78, 5) is 14.4. The number of rotatable bonds is 4. The number of nitrogens with one attached hydrogen (secondary N) is 1. The van der Waals surface area contributed by atoms with Crippen LogP contribution < -0.4 is 5.32 Å². The Hall–Kier alpha value is -1.36. The molecule has 1 amide bonds. The van der Waals surface area contributed by atoms with Crippen molar-refractivity contribution in [3.05, 3.63) is 17.5 Å². The van der Waals surface area contributed by atoms with Crippen molar-refractivity contribution in [2.24, 2.45) is 0 Å². The molecule has 1 aromatic rings. The molecule has 1 aliphatic heterocycles. The monoisotopic (exact) mass is 249 g/mol. The highest BCUT2D eigenvalue weighted by atomic mass is 16.5. The van der Waals surface area contributed by atoms with E-state index in [1.54, 1.807) is 6.07 Å². The van der Waals surface area contributed by atoms with Crippen LogP contribution in [0.1, 0.15) is 42.4 Å². The number of carbonyl (C=O) groups is 1. The van der Waals surface area contributed by atoms with E-state index in [4.69, 9.17) is 4.52 Å². The largest absolute Gasteiger partial charge is 0.361 e. The van der Waals surface area contributed by atoms with Crippen LogP contribution in [0, 0.1) is 0 Å². The molecule has 0 aromatic carbocycles. The molecule has 0 spiro atoms. The summed E-state index contributed by atoms with van der Waals surface area (Å²) in [6, 6.07) is 2.77. The molecule has 1 aromatic heterocycles. The van der Waals surface area contributed by atoms with E-state index in [9.17, 15) is 4.79 Å². The lowest BCUT2D eigenvalue weighted by Crippen LogP contribution is -2.37. The van der Waals surface area contributed by atoms with Crippen LogP contribution in [-0.4, -0.2) is 41.1 Å². The number of carbonyl (C=O) groups excluding carboxylic acids is 1. The molecule has 5 nitrogen and oxygen atoms in total. The zero-order valence-electron chi connectivity index (χ0n) is 10.7. The molecule has 1 N–H and O–H groups in total. The second-order valence-electron chi connectivity index (χ2n) is 5.22. The average molecular weight is 249 g/mol. The SMILES string of the molecule is CCc1cc(C(=O)N[C@H]2CCN(C3CC3)C2)no1. The van der Waals surface area contributed by atoms with Crippen LogP contribution in [0.25, 0.3) is 0 Å². The molecule has 1 saturated carbocycles. The quantitative estimate of drug-likeness (QED) is 0.871. The molecule has 1 saturated heterocycles. The highest BCUT2D eigenvalue weighted by Crippen LogP contribution is 2.29. The molecular weight excluding hydrogens is 230 g/mol. The average Bonchev–Trinajstić information content (AvgIpc) is 2.93. The molecule has 3 rings (SSSR count). The van der Waals surface area contributed by atoms with E-state index >= 15 is 0 Å². The van der Waals surface area contributed by atoms with Crippen LogP contribution in [0.2, 0.25) is 0 Å². The zero-order chi connectivity index (χ0) is 12.5. The van der Waals surface area contributed by atoms with Crippen molar-refractivity contribution in [2.75, 3.05) is 13.1 Å². The van der Waals surface area contributed by atoms with Gasteiger partial charge < -0.3 is 9.84 Å². The van der Waals surface area contributed by atoms with Crippen molar-refractivity contribution in [1.29, 1.82) is 0 Å². The normalized spacial score (nSPS) is 24.4. The fraction of sp³-hybridized carbons (Fsp3) is 0.692. The molecular formula is C13H19N3O2. The molecule has 2 heterocycles. The van der Waals surface area contributed by atoms with Crippen LogP contribution in [-0.2, 0) is 6.42 Å². The van der Waals surface area contributed by atoms with Gasteiger partial charge in [-0.2, -0.15) is 0 Å². The number of hydrogen-bond acceptors (Lipinski definition) is 4. The standard InChI is InChI=1S/C13H19N3O2/c1-2-11-7-12(15-18-11)13(17)14-9-5-6-16(8-9)10-3-4-10/h7,9-10H,2-6,8H2,1H3,(H,14,17)/t9-/m0/s1. The second kappa shape index (κ2) is 4.72. The molecule has 1 aliphatic carbocycles. The summed E-state index contributed by atoms with van der Waals surface area (Å²) in [6.07, 6.45) is 4.45. The van der Waals surface area contributed by atoms with Crippen LogP contribution in [0.5, 0.6) is 0 Å². The lowest BCUT2D eigenvalue weighted by atomic mass is 10.2. The summed E-state index contributed by atoms with van der Waals surface area (Å²) in [7, 11) is 0. The molecule has 18 heavy (non-hydrogen) atoms. The molecule has 2 fully saturated rings. The third-order valence-electron chi connectivity index (χ3n) is 3.76. The van der Waals surface area contributed by atoms with Crippen molar-refractivity contribution >= 4 is 5.91 Å². The first-order chi connectivity index (χ1) is 8.76. The Morgan fingerprint density at radius 1 is 1.56 bits per heavy atom. The van der Waals surface area contributed by atoms with Crippen molar-refractivity contribution in [2.45, 2.75) is 44.7 Å². The van der Waals surface area contributed by atoms with Gasteiger partial charge in [-0.1, -0.05) is 12.1 Å². The molecule has 0 radical (unpaired) electrons. The fourth-order valence-corrected chi connectivity index (χ4v) is 2.52. The first-order valence-corrected chi connectivity index (χ1v) is 6.76. The Kier molecular flexibility index (Phi) is 3.07. The number of aryl methyl sites for hydroxylation is 1. The van der Waals surface area contributed by atoms with Crippen LogP contribution >= 0.6 is 0 Å². The van der Waals surface area contributed by atoms with Crippen molar-refractivity contribution in [1.82, 2.24) is 15.4 Å². The van der Waals surface area contributed by atoms with E-state index in [-0.39, 0.29) is 11.9 Å². The van der Waals surface area contributed by atoms with Crippen LogP contribution in [0.4, 0.5) is 0 Å². The second-order valence-corrected chi connectivity index (χ2v) is 5.22. The van der Waals surface area contributed by atoms with E-state index < -0.39 is 0 Å². The van der Waals surface area contributed by atoms with Gasteiger partial charge in [-0.15, -0.1) is 0 Å². The van der Waals surface area contributed by atoms with E-state index in [2.05, 4.69) is 15.4 Å². The maximum Gasteiger partial charge on any atom is 0.273 e. The maximum atomic E-state index is 12.0. The minimum absolute atomic E-state index is 0.110. The first-order valence-electron chi connectivity index (χ1n) is 6.76. The zero-order valence-corrected chi connectivity index (χ0v) is 10.7. The van der Waals surface area contributed by atoms with Crippen LogP contribution in [0.3, 0.4) is 0 Å². The number of amides is 1. The lowest BCUT2D eigenvalue weighted by Gasteiger charge is -2.15. The molecule has 1 atom stereocenters. The predicted molar refractivity (Wildman–Crippen MR) is 66.3 cm³/mol. The highest BCUT2D eigenvalue weighted by molar-refractivity contribution is 5.92. The molecule has 0 unspecified atom stereocenters. The van der Waals surface area contributed by atoms with Crippen LogP contribution in [0.15, 0.2) is 10.6 Å². The van der Waals surface area contributed by atoms with Gasteiger partial charge in [0.15, 0.2) is 5.69 Å². The summed E-state index contributed by atoms with van der Waals surface area (Å²) in [5.74, 6) is 0.646. The summed E-state index contributed by atoms with van der Waals surface area (Å²) < 4.78 is 5.05. The molecule has 2 aliphatic rings. The summed E-state index contributed by atoms with van der Waals surface area (Å²) in [5, 5.41) is 6.84. The maximum absolute atomic E-state index is 12.0. The minimum atomic E-state index is -0.110. The Balaban J connectivity index is 1.54. The van der Waals surface area contributed by atoms with E-state index in [1.807, 2.05) is 6.92 Å². The number of likely N-dealkylation sites (tertiary alicyclic amines) is 1. The Morgan fingerprint density at radius 2 is 2.39 bits per heavy atom. The third kappa shape index (κ3) is 2.41. The number of hydrogen-bond donors (Lipinski definition) is 1. The van der Waals surface area contributed by atoms with Gasteiger partial charge in [-0.05, 0) is 19.3 Å². The van der Waals surface area contributed by atoms with Gasteiger partial charge in [0.2, 0.25) is 0 Å². The van der Waals surface area contributed by atoms with Gasteiger partial charge in [0.25, 0.3) is 5.91 Å². The topological polar surface area (TPSA) is 58.4 Å². The Bertz CT molecular complexity index is 439. The van der Waals surface area contributed by atoms with Crippen molar-refractivity contribution in [3.8, 4) is 0 Å². The smallest absolute Gasteiger partial charge is 0.273 e. The number of aromatic nitrogens is 1. The minimum Gasteiger partial charge on any atom is -0.361 e. The summed E-state index contributed by atoms with van der Waals surface area (Å²) in [5.41, 5.74) is 0.400. The lowest BCUT2D eigenvalue weighted by molar-refractivity contribution is 0.0928. The van der Waals surface area contributed by atoms with Gasteiger partial charge in [0, 0.05) is 37.7 Å². The Morgan fingerprint density at radius 3 is 3.06 bits per heavy atom.